The maximum atomic E-state index is 14.2. The van der Waals surface area contributed by atoms with E-state index in [4.69, 9.17) is 5.11 Å². The van der Waals surface area contributed by atoms with Crippen molar-refractivity contribution in [2.24, 2.45) is 5.92 Å². The average Bonchev–Trinajstić information content (AvgIpc) is 2.90. The highest BCUT2D eigenvalue weighted by molar-refractivity contribution is 9.10. The third kappa shape index (κ3) is 2.90. The van der Waals surface area contributed by atoms with Gasteiger partial charge in [-0.25, -0.2) is 12.8 Å². The van der Waals surface area contributed by atoms with Crippen LogP contribution in [0.3, 0.4) is 0 Å². The Balaban J connectivity index is 2.42. The molecule has 0 aliphatic carbocycles. The standard InChI is InChI=1S/C13H17BrFNO3S/c1-2-9-3-4-16(7-9)20(18,19)12-6-11(14)5-10(8-17)13(12)15/h5-6,9,17H,2-4,7-8H2,1H3. The van der Waals surface area contributed by atoms with Crippen LogP contribution in [-0.4, -0.2) is 30.9 Å². The molecule has 1 fully saturated rings. The Hall–Kier alpha value is -0.500. The van der Waals surface area contributed by atoms with Gasteiger partial charge < -0.3 is 5.11 Å². The van der Waals surface area contributed by atoms with Gasteiger partial charge in [0.05, 0.1) is 6.61 Å². The van der Waals surface area contributed by atoms with E-state index < -0.39 is 22.4 Å². The molecule has 0 aromatic heterocycles. The van der Waals surface area contributed by atoms with E-state index in [2.05, 4.69) is 15.9 Å². The number of aliphatic hydroxyl groups excluding tert-OH is 1. The van der Waals surface area contributed by atoms with E-state index >= 15 is 0 Å². The zero-order chi connectivity index (χ0) is 14.9. The smallest absolute Gasteiger partial charge is 0.246 e. The van der Waals surface area contributed by atoms with Gasteiger partial charge in [0.25, 0.3) is 0 Å². The summed E-state index contributed by atoms with van der Waals surface area (Å²) in [6.45, 7) is 2.33. The molecule has 0 spiro atoms. The summed E-state index contributed by atoms with van der Waals surface area (Å²) in [6, 6.07) is 2.64. The van der Waals surface area contributed by atoms with Crippen LogP contribution in [0.4, 0.5) is 4.39 Å². The van der Waals surface area contributed by atoms with Crippen molar-refractivity contribution in [3.05, 3.63) is 28.0 Å². The maximum Gasteiger partial charge on any atom is 0.246 e. The number of aliphatic hydroxyl groups is 1. The van der Waals surface area contributed by atoms with Crippen LogP contribution < -0.4 is 0 Å². The number of benzene rings is 1. The van der Waals surface area contributed by atoms with Gasteiger partial charge in [0.15, 0.2) is 0 Å². The lowest BCUT2D eigenvalue weighted by Crippen LogP contribution is -2.29. The van der Waals surface area contributed by atoms with Crippen molar-refractivity contribution < 1.29 is 17.9 Å². The summed E-state index contributed by atoms with van der Waals surface area (Å²) in [5.74, 6) is -0.534. The molecule has 1 atom stereocenters. The summed E-state index contributed by atoms with van der Waals surface area (Å²) in [5, 5.41) is 9.11. The third-order valence-electron chi connectivity index (χ3n) is 3.69. The molecule has 0 amide bonds. The lowest BCUT2D eigenvalue weighted by molar-refractivity contribution is 0.274. The summed E-state index contributed by atoms with van der Waals surface area (Å²) in [4.78, 5) is -0.368. The van der Waals surface area contributed by atoms with Crippen LogP contribution in [0.2, 0.25) is 0 Å². The Bertz CT molecular complexity index is 606. The first-order valence-electron chi connectivity index (χ1n) is 6.49. The third-order valence-corrected chi connectivity index (χ3v) is 6.02. The van der Waals surface area contributed by atoms with Gasteiger partial charge in [0.2, 0.25) is 10.0 Å². The fraction of sp³-hybridized carbons (Fsp3) is 0.538. The molecule has 0 bridgehead atoms. The minimum absolute atomic E-state index is 0.0239. The number of nitrogens with zero attached hydrogens (tertiary/aromatic N) is 1. The van der Waals surface area contributed by atoms with Crippen molar-refractivity contribution in [3.63, 3.8) is 0 Å². The number of hydrogen-bond acceptors (Lipinski definition) is 3. The van der Waals surface area contributed by atoms with E-state index in [9.17, 15) is 12.8 Å². The van der Waals surface area contributed by atoms with Crippen molar-refractivity contribution in [2.45, 2.75) is 31.3 Å². The van der Waals surface area contributed by atoms with Crippen molar-refractivity contribution in [1.82, 2.24) is 4.31 Å². The SMILES string of the molecule is CCC1CCN(S(=O)(=O)c2cc(Br)cc(CO)c2F)C1. The number of sulfonamides is 1. The normalized spacial score (nSPS) is 20.5. The molecule has 1 saturated heterocycles. The van der Waals surface area contributed by atoms with Gasteiger partial charge in [-0.2, -0.15) is 4.31 Å². The molecule has 0 saturated carbocycles. The van der Waals surface area contributed by atoms with Crippen molar-refractivity contribution in [3.8, 4) is 0 Å². The summed E-state index contributed by atoms with van der Waals surface area (Å²) < 4.78 is 41.0. The molecule has 7 heteroatoms. The largest absolute Gasteiger partial charge is 0.392 e. The van der Waals surface area contributed by atoms with Gasteiger partial charge in [0, 0.05) is 23.1 Å². The molecule has 20 heavy (non-hydrogen) atoms. The van der Waals surface area contributed by atoms with E-state index in [1.54, 1.807) is 0 Å². The quantitative estimate of drug-likeness (QED) is 0.891. The number of rotatable bonds is 4. The second-order valence-electron chi connectivity index (χ2n) is 4.96. The number of halogens is 2. The van der Waals surface area contributed by atoms with Gasteiger partial charge >= 0.3 is 0 Å². The first kappa shape index (κ1) is 15.9. The second kappa shape index (κ2) is 6.09. The molecule has 2 rings (SSSR count). The van der Waals surface area contributed by atoms with Crippen LogP contribution in [0.15, 0.2) is 21.5 Å². The molecule has 1 aromatic rings. The molecule has 1 aliphatic rings. The average molecular weight is 366 g/mol. The fourth-order valence-corrected chi connectivity index (χ4v) is 4.73. The molecule has 1 aliphatic heterocycles. The summed E-state index contributed by atoms with van der Waals surface area (Å²) in [7, 11) is -3.85. The lowest BCUT2D eigenvalue weighted by atomic mass is 10.1. The summed E-state index contributed by atoms with van der Waals surface area (Å²) in [6.07, 6.45) is 1.72. The van der Waals surface area contributed by atoms with E-state index in [1.807, 2.05) is 6.92 Å². The van der Waals surface area contributed by atoms with Gasteiger partial charge in [-0.3, -0.25) is 0 Å². The highest BCUT2D eigenvalue weighted by Gasteiger charge is 2.34. The first-order chi connectivity index (χ1) is 9.40. The van der Waals surface area contributed by atoms with Crippen molar-refractivity contribution in [2.75, 3.05) is 13.1 Å². The van der Waals surface area contributed by atoms with Crippen LogP contribution in [0.25, 0.3) is 0 Å². The van der Waals surface area contributed by atoms with E-state index in [1.165, 1.54) is 16.4 Å². The lowest BCUT2D eigenvalue weighted by Gasteiger charge is -2.18. The predicted molar refractivity (Wildman–Crippen MR) is 77.2 cm³/mol. The Morgan fingerprint density at radius 2 is 2.20 bits per heavy atom. The Kier molecular flexibility index (Phi) is 4.84. The second-order valence-corrected chi connectivity index (χ2v) is 7.78. The minimum Gasteiger partial charge on any atom is -0.392 e. The Labute approximate surface area is 126 Å². The summed E-state index contributed by atoms with van der Waals surface area (Å²) in [5.41, 5.74) is -0.0239. The Morgan fingerprint density at radius 1 is 1.50 bits per heavy atom. The van der Waals surface area contributed by atoms with Crippen molar-refractivity contribution >= 4 is 26.0 Å². The molecule has 1 N–H and O–H groups in total. The fourth-order valence-electron chi connectivity index (χ4n) is 2.41. The molecule has 4 nitrogen and oxygen atoms in total. The highest BCUT2D eigenvalue weighted by Crippen LogP contribution is 2.30. The van der Waals surface area contributed by atoms with Crippen LogP contribution in [0, 0.1) is 11.7 Å². The van der Waals surface area contributed by atoms with Crippen molar-refractivity contribution in [1.29, 1.82) is 0 Å². The molecule has 1 unspecified atom stereocenters. The maximum absolute atomic E-state index is 14.2. The monoisotopic (exact) mass is 365 g/mol. The minimum atomic E-state index is -3.85. The van der Waals surface area contributed by atoms with Crippen LogP contribution in [0.1, 0.15) is 25.3 Å². The molecule has 112 valence electrons. The van der Waals surface area contributed by atoms with E-state index in [0.29, 0.717) is 23.5 Å². The van der Waals surface area contributed by atoms with Gasteiger partial charge in [0.1, 0.15) is 10.7 Å². The van der Waals surface area contributed by atoms with Gasteiger partial charge in [-0.1, -0.05) is 29.3 Å². The topological polar surface area (TPSA) is 57.6 Å². The zero-order valence-electron chi connectivity index (χ0n) is 11.1. The van der Waals surface area contributed by atoms with Crippen LogP contribution >= 0.6 is 15.9 Å². The molecule has 1 aromatic carbocycles. The Morgan fingerprint density at radius 3 is 2.75 bits per heavy atom. The van der Waals surface area contributed by atoms with Gasteiger partial charge in [-0.05, 0) is 24.5 Å². The van der Waals surface area contributed by atoms with E-state index in [0.717, 1.165) is 12.8 Å². The molecule has 1 heterocycles. The zero-order valence-corrected chi connectivity index (χ0v) is 13.5. The predicted octanol–water partition coefficient (Wildman–Crippen LogP) is 2.50. The van der Waals surface area contributed by atoms with Crippen LogP contribution in [0.5, 0.6) is 0 Å². The number of hydrogen-bond donors (Lipinski definition) is 1. The van der Waals surface area contributed by atoms with E-state index in [-0.39, 0.29) is 10.5 Å². The summed E-state index contributed by atoms with van der Waals surface area (Å²) >= 11 is 3.15. The highest BCUT2D eigenvalue weighted by atomic mass is 79.9. The molecular weight excluding hydrogens is 349 g/mol. The van der Waals surface area contributed by atoms with Crippen LogP contribution in [-0.2, 0) is 16.6 Å². The molecular formula is C13H17BrFNO3S. The molecule has 0 radical (unpaired) electrons. The first-order valence-corrected chi connectivity index (χ1v) is 8.72. The van der Waals surface area contributed by atoms with Gasteiger partial charge in [-0.15, -0.1) is 0 Å².